The van der Waals surface area contributed by atoms with Gasteiger partial charge in [0.15, 0.2) is 0 Å². The third-order valence-corrected chi connectivity index (χ3v) is 3.34. The summed E-state index contributed by atoms with van der Waals surface area (Å²) in [6.07, 6.45) is -0.769. The highest BCUT2D eigenvalue weighted by Gasteiger charge is 2.24. The molecular formula is C16H15BrO3. The Kier molecular flexibility index (Phi) is 5.18. The van der Waals surface area contributed by atoms with Crippen molar-refractivity contribution in [3.8, 4) is 5.75 Å². The van der Waals surface area contributed by atoms with Gasteiger partial charge < -0.3 is 9.47 Å². The Morgan fingerprint density at radius 2 is 1.75 bits per heavy atom. The summed E-state index contributed by atoms with van der Waals surface area (Å²) in [5.74, 6) is 0.212. The van der Waals surface area contributed by atoms with Crippen molar-refractivity contribution in [3.05, 3.63) is 64.6 Å². The van der Waals surface area contributed by atoms with Gasteiger partial charge in [0.1, 0.15) is 5.75 Å². The molecule has 0 radical (unpaired) electrons. The number of carbonyl (C=O) groups excluding carboxylic acids is 1. The molecule has 0 saturated heterocycles. The van der Waals surface area contributed by atoms with Gasteiger partial charge in [-0.15, -0.1) is 0 Å². The topological polar surface area (TPSA) is 35.5 Å². The Morgan fingerprint density at radius 3 is 2.40 bits per heavy atom. The van der Waals surface area contributed by atoms with Crippen molar-refractivity contribution in [2.75, 3.05) is 6.61 Å². The van der Waals surface area contributed by atoms with Crippen LogP contribution in [0.4, 0.5) is 0 Å². The Bertz CT molecular complexity index is 569. The van der Waals surface area contributed by atoms with Gasteiger partial charge in [-0.2, -0.15) is 0 Å². The summed E-state index contributed by atoms with van der Waals surface area (Å²) in [6, 6.07) is 16.7. The Labute approximate surface area is 126 Å². The minimum absolute atomic E-state index is 0.321. The average Bonchev–Trinajstić information content (AvgIpc) is 2.47. The fourth-order valence-corrected chi connectivity index (χ4v) is 2.14. The Morgan fingerprint density at radius 1 is 1.10 bits per heavy atom. The summed E-state index contributed by atoms with van der Waals surface area (Å²) in [6.45, 7) is 2.10. The molecule has 0 aromatic heterocycles. The molecule has 1 atom stereocenters. The molecule has 20 heavy (non-hydrogen) atoms. The smallest absolute Gasteiger partial charge is 0.352 e. The maximum Gasteiger partial charge on any atom is 0.352 e. The van der Waals surface area contributed by atoms with Crippen molar-refractivity contribution in [1.82, 2.24) is 0 Å². The third kappa shape index (κ3) is 3.61. The van der Waals surface area contributed by atoms with E-state index in [1.54, 1.807) is 13.0 Å². The molecule has 3 nitrogen and oxygen atoms in total. The van der Waals surface area contributed by atoms with Gasteiger partial charge >= 0.3 is 5.97 Å². The second kappa shape index (κ2) is 7.10. The highest BCUT2D eigenvalue weighted by Crippen LogP contribution is 2.29. The molecule has 0 saturated carbocycles. The van der Waals surface area contributed by atoms with E-state index in [0.29, 0.717) is 12.4 Å². The highest BCUT2D eigenvalue weighted by atomic mass is 79.9. The van der Waals surface area contributed by atoms with E-state index < -0.39 is 12.1 Å². The van der Waals surface area contributed by atoms with Crippen LogP contribution < -0.4 is 4.74 Å². The van der Waals surface area contributed by atoms with E-state index in [1.165, 1.54) is 0 Å². The summed E-state index contributed by atoms with van der Waals surface area (Å²) in [4.78, 5) is 12.1. The predicted octanol–water partition coefficient (Wildman–Crippen LogP) is 4.13. The van der Waals surface area contributed by atoms with Gasteiger partial charge in [-0.05, 0) is 35.0 Å². The molecule has 4 heteroatoms. The van der Waals surface area contributed by atoms with Crippen molar-refractivity contribution in [2.24, 2.45) is 0 Å². The average molecular weight is 335 g/mol. The van der Waals surface area contributed by atoms with Crippen LogP contribution in [-0.4, -0.2) is 12.6 Å². The largest absolute Gasteiger partial charge is 0.473 e. The second-order valence-electron chi connectivity index (χ2n) is 4.09. The SMILES string of the molecule is CCOC(=O)C(Oc1ccccc1Br)c1ccccc1. The van der Waals surface area contributed by atoms with Crippen molar-refractivity contribution >= 4 is 21.9 Å². The van der Waals surface area contributed by atoms with Gasteiger partial charge in [-0.25, -0.2) is 4.79 Å². The normalized spacial score (nSPS) is 11.7. The predicted molar refractivity (Wildman–Crippen MR) is 80.6 cm³/mol. The second-order valence-corrected chi connectivity index (χ2v) is 4.95. The quantitative estimate of drug-likeness (QED) is 0.771. The lowest BCUT2D eigenvalue weighted by Crippen LogP contribution is -2.21. The van der Waals surface area contributed by atoms with Gasteiger partial charge in [0.25, 0.3) is 0 Å². The maximum atomic E-state index is 12.1. The first-order valence-corrected chi connectivity index (χ1v) is 7.14. The number of ether oxygens (including phenoxy) is 2. The van der Waals surface area contributed by atoms with Crippen LogP contribution in [0.2, 0.25) is 0 Å². The number of para-hydroxylation sites is 1. The first-order chi connectivity index (χ1) is 9.72. The number of hydrogen-bond donors (Lipinski definition) is 0. The molecule has 0 N–H and O–H groups in total. The zero-order valence-electron chi connectivity index (χ0n) is 11.1. The lowest BCUT2D eigenvalue weighted by molar-refractivity contribution is -0.151. The number of carbonyl (C=O) groups is 1. The first-order valence-electron chi connectivity index (χ1n) is 6.35. The van der Waals surface area contributed by atoms with Crippen LogP contribution in [0.25, 0.3) is 0 Å². The zero-order chi connectivity index (χ0) is 14.4. The van der Waals surface area contributed by atoms with Crippen LogP contribution in [0.1, 0.15) is 18.6 Å². The summed E-state index contributed by atoms with van der Waals surface area (Å²) < 4.78 is 11.7. The van der Waals surface area contributed by atoms with E-state index in [0.717, 1.165) is 10.0 Å². The molecule has 1 unspecified atom stereocenters. The Balaban J connectivity index is 2.28. The van der Waals surface area contributed by atoms with Crippen molar-refractivity contribution in [3.63, 3.8) is 0 Å². The first kappa shape index (κ1) is 14.6. The van der Waals surface area contributed by atoms with Crippen molar-refractivity contribution in [1.29, 1.82) is 0 Å². The highest BCUT2D eigenvalue weighted by molar-refractivity contribution is 9.10. The lowest BCUT2D eigenvalue weighted by Gasteiger charge is -2.18. The third-order valence-electron chi connectivity index (χ3n) is 2.68. The fraction of sp³-hybridized carbons (Fsp3) is 0.188. The van der Waals surface area contributed by atoms with E-state index in [2.05, 4.69) is 15.9 Å². The summed E-state index contributed by atoms with van der Waals surface area (Å²) in [5, 5.41) is 0. The molecule has 0 amide bonds. The van der Waals surface area contributed by atoms with Crippen LogP contribution >= 0.6 is 15.9 Å². The molecule has 104 valence electrons. The summed E-state index contributed by atoms with van der Waals surface area (Å²) in [7, 11) is 0. The van der Waals surface area contributed by atoms with E-state index in [9.17, 15) is 4.79 Å². The van der Waals surface area contributed by atoms with E-state index in [4.69, 9.17) is 9.47 Å². The molecular weight excluding hydrogens is 320 g/mol. The molecule has 0 aliphatic heterocycles. The van der Waals surface area contributed by atoms with Gasteiger partial charge in [0, 0.05) is 5.56 Å². The van der Waals surface area contributed by atoms with Crippen molar-refractivity contribution < 1.29 is 14.3 Å². The molecule has 0 spiro atoms. The van der Waals surface area contributed by atoms with Gasteiger partial charge in [-0.1, -0.05) is 42.5 Å². The number of rotatable bonds is 5. The van der Waals surface area contributed by atoms with Gasteiger partial charge in [-0.3, -0.25) is 0 Å². The zero-order valence-corrected chi connectivity index (χ0v) is 12.7. The fourth-order valence-electron chi connectivity index (χ4n) is 1.77. The van der Waals surface area contributed by atoms with E-state index in [-0.39, 0.29) is 0 Å². The minimum atomic E-state index is -0.769. The van der Waals surface area contributed by atoms with E-state index in [1.807, 2.05) is 48.5 Å². The number of hydrogen-bond acceptors (Lipinski definition) is 3. The molecule has 0 heterocycles. The summed E-state index contributed by atoms with van der Waals surface area (Å²) >= 11 is 3.41. The van der Waals surface area contributed by atoms with Crippen LogP contribution in [-0.2, 0) is 9.53 Å². The van der Waals surface area contributed by atoms with E-state index >= 15 is 0 Å². The monoisotopic (exact) mass is 334 g/mol. The number of halogens is 1. The maximum absolute atomic E-state index is 12.1. The lowest BCUT2D eigenvalue weighted by atomic mass is 10.1. The minimum Gasteiger partial charge on any atom is -0.473 e. The molecule has 0 fully saturated rings. The number of benzene rings is 2. The summed E-state index contributed by atoms with van der Waals surface area (Å²) in [5.41, 5.74) is 0.765. The van der Waals surface area contributed by atoms with Gasteiger partial charge in [0.2, 0.25) is 6.10 Å². The molecule has 0 aliphatic carbocycles. The molecule has 2 aromatic carbocycles. The Hall–Kier alpha value is -1.81. The molecule has 0 bridgehead atoms. The van der Waals surface area contributed by atoms with Gasteiger partial charge in [0.05, 0.1) is 11.1 Å². The number of esters is 1. The van der Waals surface area contributed by atoms with Crippen LogP contribution in [0.3, 0.4) is 0 Å². The van der Waals surface area contributed by atoms with Crippen LogP contribution in [0.5, 0.6) is 5.75 Å². The standard InChI is InChI=1S/C16H15BrO3/c1-2-19-16(18)15(12-8-4-3-5-9-12)20-14-11-7-6-10-13(14)17/h3-11,15H,2H2,1H3. The molecule has 2 aromatic rings. The molecule has 0 aliphatic rings. The molecule has 2 rings (SSSR count). The van der Waals surface area contributed by atoms with Crippen molar-refractivity contribution in [2.45, 2.75) is 13.0 Å². The van der Waals surface area contributed by atoms with Crippen LogP contribution in [0, 0.1) is 0 Å². The van der Waals surface area contributed by atoms with Crippen LogP contribution in [0.15, 0.2) is 59.1 Å².